The summed E-state index contributed by atoms with van der Waals surface area (Å²) >= 11 is 0. The summed E-state index contributed by atoms with van der Waals surface area (Å²) in [6.45, 7) is 8.69. The minimum absolute atomic E-state index is 0.122. The number of hydrogen-bond acceptors (Lipinski definition) is 5. The van der Waals surface area contributed by atoms with E-state index in [-0.39, 0.29) is 29.4 Å². The third-order valence-corrected chi connectivity index (χ3v) is 7.17. The van der Waals surface area contributed by atoms with Gasteiger partial charge < -0.3 is 9.47 Å². The maximum Gasteiger partial charge on any atom is 0.269 e. The predicted molar refractivity (Wildman–Crippen MR) is 136 cm³/mol. The predicted octanol–water partition coefficient (Wildman–Crippen LogP) is 6.43. The van der Waals surface area contributed by atoms with E-state index in [1.54, 1.807) is 12.1 Å². The second kappa shape index (κ2) is 9.70. The Hall–Kier alpha value is -3.38. The first-order valence-corrected chi connectivity index (χ1v) is 12.4. The van der Waals surface area contributed by atoms with Crippen molar-refractivity contribution in [3.63, 3.8) is 0 Å². The average molecular weight is 473 g/mol. The molecule has 3 aromatic carbocycles. The second-order valence-corrected chi connectivity index (χ2v) is 10.1. The third-order valence-electron chi connectivity index (χ3n) is 7.17. The zero-order valence-corrected chi connectivity index (χ0v) is 20.6. The summed E-state index contributed by atoms with van der Waals surface area (Å²) in [6, 6.07) is 20.5. The van der Waals surface area contributed by atoms with Gasteiger partial charge >= 0.3 is 0 Å². The van der Waals surface area contributed by atoms with E-state index in [9.17, 15) is 10.1 Å². The van der Waals surface area contributed by atoms with Crippen LogP contribution in [0.15, 0.2) is 60.7 Å². The minimum atomic E-state index is -0.350. The van der Waals surface area contributed by atoms with Gasteiger partial charge in [-0.15, -0.1) is 0 Å². The van der Waals surface area contributed by atoms with Crippen molar-refractivity contribution in [2.75, 3.05) is 13.3 Å². The number of rotatable bonds is 7. The average Bonchev–Trinajstić information content (AvgIpc) is 3.30. The Balaban J connectivity index is 1.48. The van der Waals surface area contributed by atoms with Crippen LogP contribution in [-0.2, 0) is 19.4 Å². The molecule has 0 bridgehead atoms. The van der Waals surface area contributed by atoms with Crippen molar-refractivity contribution >= 4 is 5.69 Å². The first-order chi connectivity index (χ1) is 16.9. The molecule has 0 N–H and O–H groups in total. The first-order valence-electron chi connectivity index (χ1n) is 12.4. The molecule has 2 atom stereocenters. The fraction of sp³-hybridized carbons (Fsp3) is 0.379. The summed E-state index contributed by atoms with van der Waals surface area (Å²) in [5.74, 6) is 2.52. The van der Waals surface area contributed by atoms with Gasteiger partial charge in [0.25, 0.3) is 5.69 Å². The van der Waals surface area contributed by atoms with Gasteiger partial charge in [0.05, 0.1) is 4.92 Å². The molecule has 0 spiro atoms. The topological polar surface area (TPSA) is 64.8 Å². The van der Waals surface area contributed by atoms with E-state index in [2.05, 4.69) is 62.1 Å². The number of non-ortho nitro benzene ring substituents is 1. The molecule has 0 aromatic heterocycles. The summed E-state index contributed by atoms with van der Waals surface area (Å²) in [7, 11) is 0. The van der Waals surface area contributed by atoms with Crippen LogP contribution in [0.4, 0.5) is 5.69 Å². The molecular formula is C29H32N2O4. The van der Waals surface area contributed by atoms with E-state index in [1.807, 2.05) is 12.1 Å². The molecule has 0 fully saturated rings. The fourth-order valence-electron chi connectivity index (χ4n) is 5.42. The number of hydrogen-bond donors (Lipinski definition) is 0. The zero-order chi connectivity index (χ0) is 24.5. The van der Waals surface area contributed by atoms with Gasteiger partial charge in [-0.1, -0.05) is 57.2 Å². The van der Waals surface area contributed by atoms with E-state index in [4.69, 9.17) is 9.47 Å². The van der Waals surface area contributed by atoms with Crippen molar-refractivity contribution in [2.45, 2.75) is 52.1 Å². The highest BCUT2D eigenvalue weighted by Gasteiger charge is 2.34. The lowest BCUT2D eigenvalue weighted by Crippen LogP contribution is -2.37. The molecule has 2 heterocycles. The van der Waals surface area contributed by atoms with Crippen molar-refractivity contribution in [1.82, 2.24) is 4.90 Å². The maximum atomic E-state index is 11.1. The smallest absolute Gasteiger partial charge is 0.269 e. The molecule has 182 valence electrons. The van der Waals surface area contributed by atoms with Crippen molar-refractivity contribution in [2.24, 2.45) is 5.92 Å². The van der Waals surface area contributed by atoms with E-state index in [1.165, 1.54) is 22.3 Å². The van der Waals surface area contributed by atoms with Crippen LogP contribution in [-0.4, -0.2) is 23.2 Å². The Morgan fingerprint density at radius 2 is 1.63 bits per heavy atom. The van der Waals surface area contributed by atoms with Gasteiger partial charge in [-0.25, -0.2) is 0 Å². The molecule has 2 aliphatic rings. The van der Waals surface area contributed by atoms with Crippen LogP contribution >= 0.6 is 0 Å². The molecule has 0 saturated carbocycles. The Morgan fingerprint density at radius 1 is 0.971 bits per heavy atom. The summed E-state index contributed by atoms with van der Waals surface area (Å²) in [6.07, 6.45) is 2.01. The highest BCUT2D eigenvalue weighted by molar-refractivity contribution is 5.51. The highest BCUT2D eigenvalue weighted by atomic mass is 16.7. The molecule has 0 unspecified atom stereocenters. The first kappa shape index (κ1) is 23.4. The Bertz CT molecular complexity index is 1200. The third kappa shape index (κ3) is 4.89. The molecule has 35 heavy (non-hydrogen) atoms. The van der Waals surface area contributed by atoms with Crippen molar-refractivity contribution in [1.29, 1.82) is 0 Å². The van der Waals surface area contributed by atoms with Crippen molar-refractivity contribution in [3.05, 3.63) is 98.6 Å². The van der Waals surface area contributed by atoms with Crippen LogP contribution in [0.25, 0.3) is 0 Å². The largest absolute Gasteiger partial charge is 0.454 e. The van der Waals surface area contributed by atoms with Crippen LogP contribution in [0.2, 0.25) is 0 Å². The normalized spacial score (nSPS) is 17.9. The molecule has 0 aliphatic carbocycles. The van der Waals surface area contributed by atoms with Gasteiger partial charge in [-0.05, 0) is 58.7 Å². The Labute approximate surface area is 206 Å². The van der Waals surface area contributed by atoms with Gasteiger partial charge in [-0.3, -0.25) is 15.0 Å². The molecule has 0 amide bonds. The number of fused-ring (bicyclic) bond motifs is 2. The van der Waals surface area contributed by atoms with Gasteiger partial charge in [0.2, 0.25) is 6.79 Å². The monoisotopic (exact) mass is 472 g/mol. The minimum Gasteiger partial charge on any atom is -0.454 e. The summed E-state index contributed by atoms with van der Waals surface area (Å²) in [5.41, 5.74) is 6.46. The summed E-state index contributed by atoms with van der Waals surface area (Å²) in [5, 5.41) is 11.1. The van der Waals surface area contributed by atoms with Crippen LogP contribution < -0.4 is 9.47 Å². The van der Waals surface area contributed by atoms with Gasteiger partial charge in [-0.2, -0.15) is 0 Å². The summed E-state index contributed by atoms with van der Waals surface area (Å²) in [4.78, 5) is 13.2. The van der Waals surface area contributed by atoms with Gasteiger partial charge in [0, 0.05) is 37.2 Å². The molecule has 0 radical (unpaired) electrons. The highest BCUT2D eigenvalue weighted by Crippen LogP contribution is 2.45. The molecule has 2 aliphatic heterocycles. The Morgan fingerprint density at radius 3 is 2.29 bits per heavy atom. The lowest BCUT2D eigenvalue weighted by atomic mass is 9.81. The standard InChI is InChI=1S/C29H32N2O4/c1-19(2)14-21-4-8-23(9-5-21)20(3)29-26-16-28-27(34-18-35-28)15-24(26)12-13-30(29)17-22-6-10-25(11-7-22)31(32)33/h4-11,15-16,19-20,29H,12-14,17-18H2,1-3H3/t20-,29-/m0/s1. The van der Waals surface area contributed by atoms with Gasteiger partial charge in [0.1, 0.15) is 0 Å². The number of nitrogens with zero attached hydrogens (tertiary/aromatic N) is 2. The number of nitro groups is 1. The molecule has 6 heteroatoms. The van der Waals surface area contributed by atoms with E-state index >= 15 is 0 Å². The number of ether oxygens (including phenoxy) is 2. The lowest BCUT2D eigenvalue weighted by Gasteiger charge is -2.41. The fourth-order valence-corrected chi connectivity index (χ4v) is 5.42. The van der Waals surface area contributed by atoms with Crippen LogP contribution in [0.3, 0.4) is 0 Å². The number of nitro benzene ring substituents is 1. The van der Waals surface area contributed by atoms with Crippen molar-refractivity contribution < 1.29 is 14.4 Å². The number of benzene rings is 3. The SMILES string of the molecule is CC(C)Cc1ccc([C@H](C)[C@H]2c3cc4c(cc3CCN2Cc2ccc([N+](=O)[O-])cc2)OCO4)cc1. The molecule has 0 saturated heterocycles. The van der Waals surface area contributed by atoms with Crippen molar-refractivity contribution in [3.8, 4) is 11.5 Å². The van der Waals surface area contributed by atoms with E-state index in [0.29, 0.717) is 5.92 Å². The molecule has 5 rings (SSSR count). The molecule has 3 aromatic rings. The van der Waals surface area contributed by atoms with E-state index in [0.717, 1.165) is 43.0 Å². The van der Waals surface area contributed by atoms with E-state index < -0.39 is 0 Å². The van der Waals surface area contributed by atoms with Crippen LogP contribution in [0, 0.1) is 16.0 Å². The molecule has 6 nitrogen and oxygen atoms in total. The lowest BCUT2D eigenvalue weighted by molar-refractivity contribution is -0.384. The zero-order valence-electron chi connectivity index (χ0n) is 20.6. The molecular weight excluding hydrogens is 440 g/mol. The van der Waals surface area contributed by atoms with Gasteiger partial charge in [0.15, 0.2) is 11.5 Å². The van der Waals surface area contributed by atoms with Crippen LogP contribution in [0.5, 0.6) is 11.5 Å². The Kier molecular flexibility index (Phi) is 6.48. The maximum absolute atomic E-state index is 11.1. The van der Waals surface area contributed by atoms with Crippen LogP contribution in [0.1, 0.15) is 60.5 Å². The summed E-state index contributed by atoms with van der Waals surface area (Å²) < 4.78 is 11.4. The quantitative estimate of drug-likeness (QED) is 0.293. The second-order valence-electron chi connectivity index (χ2n) is 10.1.